The van der Waals surface area contributed by atoms with Crippen LogP contribution in [0, 0.1) is 13.8 Å². The molecule has 0 saturated carbocycles. The van der Waals surface area contributed by atoms with E-state index in [1.54, 1.807) is 0 Å². The second-order valence-corrected chi connectivity index (χ2v) is 7.50. The lowest BCUT2D eigenvalue weighted by molar-refractivity contribution is -0.123. The van der Waals surface area contributed by atoms with E-state index < -0.39 is 5.56 Å². The summed E-state index contributed by atoms with van der Waals surface area (Å²) < 4.78 is 2.78. The number of nitrogens with one attached hydrogen (secondary N) is 1. The Hall–Kier alpha value is -3.03. The number of hydrogen-bond donors (Lipinski definition) is 1. The molecule has 3 aromatic rings. The molecule has 1 aromatic carbocycles. The molecule has 0 spiro atoms. The summed E-state index contributed by atoms with van der Waals surface area (Å²) in [6.07, 6.45) is 1.36. The topological polar surface area (TPSA) is 94.7 Å². The Balaban J connectivity index is 1.99. The first-order chi connectivity index (χ1) is 12.1. The summed E-state index contributed by atoms with van der Waals surface area (Å²) in [5, 5.41) is 10.9. The molecular formula is C18H22N6O2. The summed E-state index contributed by atoms with van der Waals surface area (Å²) in [4.78, 5) is 29.0. The highest BCUT2D eigenvalue weighted by atomic mass is 16.2. The van der Waals surface area contributed by atoms with Gasteiger partial charge >= 0.3 is 0 Å². The van der Waals surface area contributed by atoms with Crippen molar-refractivity contribution in [3.8, 4) is 5.69 Å². The van der Waals surface area contributed by atoms with E-state index in [4.69, 9.17) is 0 Å². The third-order valence-electron chi connectivity index (χ3n) is 3.71. The predicted octanol–water partition coefficient (Wildman–Crippen LogP) is 1.51. The highest BCUT2D eigenvalue weighted by Gasteiger charge is 2.17. The van der Waals surface area contributed by atoms with Gasteiger partial charge < -0.3 is 5.32 Å². The molecule has 3 rings (SSSR count). The van der Waals surface area contributed by atoms with Crippen molar-refractivity contribution in [3.63, 3.8) is 0 Å². The molecule has 2 aromatic heterocycles. The van der Waals surface area contributed by atoms with E-state index in [2.05, 4.69) is 26.7 Å². The summed E-state index contributed by atoms with van der Waals surface area (Å²) >= 11 is 0. The van der Waals surface area contributed by atoms with Gasteiger partial charge in [0.1, 0.15) is 12.9 Å². The number of carbonyl (C=O) groups excluding carboxylic acids is 1. The van der Waals surface area contributed by atoms with Gasteiger partial charge in [-0.05, 0) is 57.9 Å². The molecule has 0 atom stereocenters. The van der Waals surface area contributed by atoms with Gasteiger partial charge in [-0.3, -0.25) is 14.2 Å². The average molecular weight is 354 g/mol. The number of aromatic nitrogens is 5. The Morgan fingerprint density at radius 1 is 1.15 bits per heavy atom. The lowest BCUT2D eigenvalue weighted by Crippen LogP contribution is -2.43. The highest BCUT2D eigenvalue weighted by molar-refractivity contribution is 5.77. The second kappa shape index (κ2) is 6.36. The van der Waals surface area contributed by atoms with Gasteiger partial charge in [0.2, 0.25) is 5.91 Å². The SMILES string of the molecule is Cc1cc(C)cc(-n2nnc3c(=O)n(CC(=O)NC(C)(C)C)cnc32)c1. The Morgan fingerprint density at radius 2 is 1.81 bits per heavy atom. The number of amides is 1. The van der Waals surface area contributed by atoms with E-state index in [1.807, 2.05) is 46.8 Å². The van der Waals surface area contributed by atoms with Crippen LogP contribution in [0.3, 0.4) is 0 Å². The van der Waals surface area contributed by atoms with E-state index in [-0.39, 0.29) is 23.5 Å². The first-order valence-corrected chi connectivity index (χ1v) is 8.34. The number of rotatable bonds is 3. The maximum absolute atomic E-state index is 12.6. The molecule has 0 radical (unpaired) electrons. The van der Waals surface area contributed by atoms with Crippen LogP contribution in [-0.4, -0.2) is 36.0 Å². The van der Waals surface area contributed by atoms with Crippen molar-refractivity contribution in [2.75, 3.05) is 0 Å². The fraction of sp³-hybridized carbons (Fsp3) is 0.389. The third-order valence-corrected chi connectivity index (χ3v) is 3.71. The number of benzene rings is 1. The number of aryl methyl sites for hydroxylation is 2. The Kier molecular flexibility index (Phi) is 4.35. The molecule has 1 N–H and O–H groups in total. The van der Waals surface area contributed by atoms with Gasteiger partial charge in [0.05, 0.1) is 5.69 Å². The van der Waals surface area contributed by atoms with Crippen LogP contribution in [0.4, 0.5) is 0 Å². The van der Waals surface area contributed by atoms with Crippen molar-refractivity contribution in [1.82, 2.24) is 29.9 Å². The molecule has 26 heavy (non-hydrogen) atoms. The van der Waals surface area contributed by atoms with Gasteiger partial charge in [-0.1, -0.05) is 11.3 Å². The monoisotopic (exact) mass is 354 g/mol. The van der Waals surface area contributed by atoms with Gasteiger partial charge in [0.25, 0.3) is 5.56 Å². The average Bonchev–Trinajstić information content (AvgIpc) is 2.92. The summed E-state index contributed by atoms with van der Waals surface area (Å²) in [7, 11) is 0. The molecule has 1 amide bonds. The molecule has 0 saturated heterocycles. The van der Waals surface area contributed by atoms with Crippen LogP contribution < -0.4 is 10.9 Å². The Bertz CT molecular complexity index is 1020. The predicted molar refractivity (Wildman–Crippen MR) is 98.3 cm³/mol. The minimum Gasteiger partial charge on any atom is -0.350 e. The summed E-state index contributed by atoms with van der Waals surface area (Å²) in [6.45, 7) is 9.50. The van der Waals surface area contributed by atoms with Crippen LogP contribution in [-0.2, 0) is 11.3 Å². The highest BCUT2D eigenvalue weighted by Crippen LogP contribution is 2.15. The van der Waals surface area contributed by atoms with Gasteiger partial charge in [-0.2, -0.15) is 4.68 Å². The van der Waals surface area contributed by atoms with Crippen molar-refractivity contribution in [2.45, 2.75) is 46.7 Å². The molecular weight excluding hydrogens is 332 g/mol. The summed E-state index contributed by atoms with van der Waals surface area (Å²) in [5.74, 6) is -0.262. The van der Waals surface area contributed by atoms with E-state index in [1.165, 1.54) is 15.6 Å². The van der Waals surface area contributed by atoms with Gasteiger partial charge in [0, 0.05) is 5.54 Å². The van der Waals surface area contributed by atoms with E-state index in [0.29, 0.717) is 5.65 Å². The molecule has 0 bridgehead atoms. The first-order valence-electron chi connectivity index (χ1n) is 8.34. The largest absolute Gasteiger partial charge is 0.350 e. The standard InChI is InChI=1S/C18H22N6O2/c1-11-6-12(2)8-13(7-11)24-16-15(21-22-24)17(26)23(10-19-16)9-14(25)20-18(3,4)5/h6-8,10H,9H2,1-5H3,(H,20,25). The van der Waals surface area contributed by atoms with E-state index in [0.717, 1.165) is 16.8 Å². The number of carbonyl (C=O) groups is 1. The van der Waals surface area contributed by atoms with E-state index >= 15 is 0 Å². The molecule has 0 aliphatic rings. The van der Waals surface area contributed by atoms with Gasteiger partial charge in [0.15, 0.2) is 11.2 Å². The maximum Gasteiger partial charge on any atom is 0.284 e. The van der Waals surface area contributed by atoms with Crippen LogP contribution in [0.25, 0.3) is 16.9 Å². The maximum atomic E-state index is 12.6. The van der Waals surface area contributed by atoms with Crippen LogP contribution in [0.15, 0.2) is 29.3 Å². The Morgan fingerprint density at radius 3 is 2.42 bits per heavy atom. The number of hydrogen-bond acceptors (Lipinski definition) is 5. The molecule has 0 unspecified atom stereocenters. The quantitative estimate of drug-likeness (QED) is 0.769. The minimum absolute atomic E-state index is 0.116. The second-order valence-electron chi connectivity index (χ2n) is 7.50. The lowest BCUT2D eigenvalue weighted by atomic mass is 10.1. The summed E-state index contributed by atoms with van der Waals surface area (Å²) in [6, 6.07) is 5.95. The van der Waals surface area contributed by atoms with Crippen LogP contribution >= 0.6 is 0 Å². The fourth-order valence-electron chi connectivity index (χ4n) is 2.82. The van der Waals surface area contributed by atoms with Crippen molar-refractivity contribution < 1.29 is 4.79 Å². The van der Waals surface area contributed by atoms with Crippen LogP contribution in [0.5, 0.6) is 0 Å². The first kappa shape index (κ1) is 17.8. The number of nitrogens with zero attached hydrogens (tertiary/aromatic N) is 5. The summed E-state index contributed by atoms with van der Waals surface area (Å²) in [5.41, 5.74) is 2.69. The van der Waals surface area contributed by atoms with E-state index in [9.17, 15) is 9.59 Å². The molecule has 8 heteroatoms. The Labute approximate surface area is 150 Å². The normalized spacial score (nSPS) is 11.7. The number of fused-ring (bicyclic) bond motifs is 1. The zero-order valence-corrected chi connectivity index (χ0v) is 15.6. The smallest absolute Gasteiger partial charge is 0.284 e. The van der Waals surface area contributed by atoms with Crippen LogP contribution in [0.1, 0.15) is 31.9 Å². The molecule has 0 aliphatic carbocycles. The van der Waals surface area contributed by atoms with Crippen molar-refractivity contribution >= 4 is 17.1 Å². The molecule has 2 heterocycles. The van der Waals surface area contributed by atoms with Gasteiger partial charge in [-0.15, -0.1) is 5.10 Å². The van der Waals surface area contributed by atoms with Crippen LogP contribution in [0.2, 0.25) is 0 Å². The molecule has 8 nitrogen and oxygen atoms in total. The van der Waals surface area contributed by atoms with Gasteiger partial charge in [-0.25, -0.2) is 4.98 Å². The molecule has 0 aliphatic heterocycles. The van der Waals surface area contributed by atoms with Crippen molar-refractivity contribution in [2.24, 2.45) is 0 Å². The van der Waals surface area contributed by atoms with Crippen molar-refractivity contribution in [3.05, 3.63) is 46.0 Å². The molecule has 136 valence electrons. The minimum atomic E-state index is -0.394. The molecule has 0 fully saturated rings. The lowest BCUT2D eigenvalue weighted by Gasteiger charge is -2.20. The zero-order chi connectivity index (χ0) is 19.1. The fourth-order valence-corrected chi connectivity index (χ4v) is 2.82. The van der Waals surface area contributed by atoms with Crippen molar-refractivity contribution in [1.29, 1.82) is 0 Å². The zero-order valence-electron chi connectivity index (χ0n) is 15.6. The third kappa shape index (κ3) is 3.63.